The van der Waals surface area contributed by atoms with Crippen molar-refractivity contribution in [2.75, 3.05) is 0 Å². The van der Waals surface area contributed by atoms with Crippen LogP contribution in [-0.4, -0.2) is 24.4 Å². The van der Waals surface area contributed by atoms with E-state index in [1.165, 1.54) is 0 Å². The lowest BCUT2D eigenvalue weighted by atomic mass is 10.2. The minimum atomic E-state index is -0.0239. The van der Waals surface area contributed by atoms with Crippen LogP contribution in [0.2, 0.25) is 15.2 Å². The van der Waals surface area contributed by atoms with Gasteiger partial charge in [0.2, 0.25) is 0 Å². The van der Waals surface area contributed by atoms with Gasteiger partial charge in [0.25, 0.3) is 0 Å². The van der Waals surface area contributed by atoms with Crippen molar-refractivity contribution in [3.05, 3.63) is 80.4 Å². The average Bonchev–Trinajstić information content (AvgIpc) is 3.24. The molecule has 3 heterocycles. The first kappa shape index (κ1) is 20.2. The predicted molar refractivity (Wildman–Crippen MR) is 116 cm³/mol. The van der Waals surface area contributed by atoms with Crippen molar-refractivity contribution >= 4 is 40.4 Å². The van der Waals surface area contributed by atoms with Gasteiger partial charge in [-0.1, -0.05) is 46.9 Å². The van der Waals surface area contributed by atoms with Crippen LogP contribution in [-0.2, 0) is 13.1 Å². The maximum atomic E-state index is 6.63. The number of halogens is 3. The zero-order valence-electron chi connectivity index (χ0n) is 15.9. The highest BCUT2D eigenvalue weighted by Gasteiger charge is 2.18. The summed E-state index contributed by atoms with van der Waals surface area (Å²) in [6.45, 7) is 4.93. The van der Waals surface area contributed by atoms with E-state index in [9.17, 15) is 0 Å². The Balaban J connectivity index is 1.52. The number of hydrogen-bond donors (Lipinski definition) is 1. The highest BCUT2D eigenvalue weighted by molar-refractivity contribution is 6.36. The van der Waals surface area contributed by atoms with Gasteiger partial charge in [0.15, 0.2) is 11.5 Å². The molecule has 0 amide bonds. The molecule has 3 aromatic heterocycles. The number of rotatable bonds is 6. The highest BCUT2D eigenvalue weighted by atomic mass is 35.5. The summed E-state index contributed by atoms with van der Waals surface area (Å²) in [5.41, 5.74) is 3.39. The third-order valence-corrected chi connectivity index (χ3v) is 6.00. The quantitative estimate of drug-likeness (QED) is 0.445. The summed E-state index contributed by atoms with van der Waals surface area (Å²) in [7, 11) is 0. The normalized spacial score (nSPS) is 12.6. The lowest BCUT2D eigenvalue weighted by Crippen LogP contribution is -2.20. The van der Waals surface area contributed by atoms with Crippen molar-refractivity contribution in [1.82, 2.24) is 29.7 Å². The summed E-state index contributed by atoms with van der Waals surface area (Å²) in [4.78, 5) is 0. The summed E-state index contributed by atoms with van der Waals surface area (Å²) in [6, 6.07) is 11.2. The maximum Gasteiger partial charge on any atom is 0.160 e. The fourth-order valence-electron chi connectivity index (χ4n) is 3.23. The van der Waals surface area contributed by atoms with E-state index in [4.69, 9.17) is 34.8 Å². The number of fused-ring (bicyclic) bond motifs is 1. The molecular formula is C20H19Cl3N6. The van der Waals surface area contributed by atoms with Crippen LogP contribution in [0.5, 0.6) is 0 Å². The Morgan fingerprint density at radius 2 is 1.76 bits per heavy atom. The number of pyridine rings is 1. The second kappa shape index (κ2) is 8.32. The molecule has 9 heteroatoms. The molecule has 4 rings (SSSR count). The molecule has 1 unspecified atom stereocenters. The first-order valence-electron chi connectivity index (χ1n) is 9.13. The van der Waals surface area contributed by atoms with Gasteiger partial charge in [-0.05, 0) is 38.1 Å². The van der Waals surface area contributed by atoms with Crippen molar-refractivity contribution in [2.45, 2.75) is 33.0 Å². The zero-order valence-corrected chi connectivity index (χ0v) is 18.2. The molecule has 150 valence electrons. The Bertz CT molecular complexity index is 1150. The molecule has 0 spiro atoms. The molecule has 0 bridgehead atoms. The van der Waals surface area contributed by atoms with Gasteiger partial charge in [-0.3, -0.25) is 4.40 Å². The van der Waals surface area contributed by atoms with Crippen LogP contribution in [0.25, 0.3) is 5.65 Å². The SMILES string of the molecule is Cc1nn(Cc2c(Cl)cccc2Cl)c(Cl)c1CNC(C)c1nnc2ccccn12. The van der Waals surface area contributed by atoms with E-state index in [2.05, 4.69) is 20.6 Å². The van der Waals surface area contributed by atoms with Crippen molar-refractivity contribution in [3.8, 4) is 0 Å². The molecule has 6 nitrogen and oxygen atoms in total. The van der Waals surface area contributed by atoms with Crippen LogP contribution < -0.4 is 5.32 Å². The van der Waals surface area contributed by atoms with Crippen molar-refractivity contribution in [3.63, 3.8) is 0 Å². The van der Waals surface area contributed by atoms with Crippen LogP contribution in [0.15, 0.2) is 42.6 Å². The molecule has 1 atom stereocenters. The van der Waals surface area contributed by atoms with Gasteiger partial charge in [0, 0.05) is 33.9 Å². The van der Waals surface area contributed by atoms with Gasteiger partial charge < -0.3 is 5.32 Å². The Labute approximate surface area is 183 Å². The largest absolute Gasteiger partial charge is 0.303 e. The van der Waals surface area contributed by atoms with Crippen molar-refractivity contribution < 1.29 is 0 Å². The molecule has 0 aliphatic heterocycles. The van der Waals surface area contributed by atoms with E-state index in [1.807, 2.05) is 48.7 Å². The molecule has 0 radical (unpaired) electrons. The maximum absolute atomic E-state index is 6.63. The lowest BCUT2D eigenvalue weighted by Gasteiger charge is -2.12. The molecule has 0 saturated carbocycles. The number of benzene rings is 1. The number of aromatic nitrogens is 5. The van der Waals surface area contributed by atoms with E-state index in [0.29, 0.717) is 28.3 Å². The van der Waals surface area contributed by atoms with E-state index in [-0.39, 0.29) is 6.04 Å². The van der Waals surface area contributed by atoms with E-state index in [0.717, 1.165) is 28.3 Å². The average molecular weight is 450 g/mol. The summed E-state index contributed by atoms with van der Waals surface area (Å²) < 4.78 is 3.69. The third kappa shape index (κ3) is 3.98. The summed E-state index contributed by atoms with van der Waals surface area (Å²) in [5.74, 6) is 0.838. The summed E-state index contributed by atoms with van der Waals surface area (Å²) >= 11 is 19.2. The zero-order chi connectivity index (χ0) is 20.5. The second-order valence-electron chi connectivity index (χ2n) is 6.80. The van der Waals surface area contributed by atoms with Gasteiger partial charge in [-0.2, -0.15) is 5.10 Å². The van der Waals surface area contributed by atoms with Crippen molar-refractivity contribution in [1.29, 1.82) is 0 Å². The minimum absolute atomic E-state index is 0.0239. The minimum Gasteiger partial charge on any atom is -0.303 e. The van der Waals surface area contributed by atoms with Gasteiger partial charge in [0.05, 0.1) is 18.3 Å². The summed E-state index contributed by atoms with van der Waals surface area (Å²) in [6.07, 6.45) is 1.95. The fraction of sp³-hybridized carbons (Fsp3) is 0.250. The summed E-state index contributed by atoms with van der Waals surface area (Å²) in [5, 5.41) is 18.3. The van der Waals surface area contributed by atoms with Crippen molar-refractivity contribution in [2.24, 2.45) is 0 Å². The van der Waals surface area contributed by atoms with Gasteiger partial charge in [0.1, 0.15) is 5.15 Å². The molecule has 0 fully saturated rings. The number of nitrogens with zero attached hydrogens (tertiary/aromatic N) is 5. The topological polar surface area (TPSA) is 60.0 Å². The van der Waals surface area contributed by atoms with Crippen LogP contribution >= 0.6 is 34.8 Å². The van der Waals surface area contributed by atoms with E-state index < -0.39 is 0 Å². The van der Waals surface area contributed by atoms with E-state index in [1.54, 1.807) is 16.8 Å². The Kier molecular flexibility index (Phi) is 5.79. The molecule has 0 aliphatic rings. The van der Waals surface area contributed by atoms with Gasteiger partial charge in [-0.25, -0.2) is 4.68 Å². The first-order chi connectivity index (χ1) is 14.0. The molecule has 1 aromatic carbocycles. The predicted octanol–water partition coefficient (Wildman–Crippen LogP) is 5.09. The fourth-order valence-corrected chi connectivity index (χ4v) is 4.05. The highest BCUT2D eigenvalue weighted by Crippen LogP contribution is 2.28. The number of nitrogens with one attached hydrogen (secondary N) is 1. The Hall–Kier alpha value is -2.12. The third-order valence-electron chi connectivity index (χ3n) is 4.87. The molecule has 1 N–H and O–H groups in total. The van der Waals surface area contributed by atoms with Gasteiger partial charge in [-0.15, -0.1) is 10.2 Å². The van der Waals surface area contributed by atoms with Crippen LogP contribution in [0.1, 0.15) is 35.6 Å². The molecule has 4 aromatic rings. The van der Waals surface area contributed by atoms with Gasteiger partial charge >= 0.3 is 0 Å². The van der Waals surface area contributed by atoms with Crippen LogP contribution in [0, 0.1) is 6.92 Å². The number of hydrogen-bond acceptors (Lipinski definition) is 4. The molecule has 0 aliphatic carbocycles. The monoisotopic (exact) mass is 448 g/mol. The Morgan fingerprint density at radius 1 is 1.00 bits per heavy atom. The van der Waals surface area contributed by atoms with Crippen LogP contribution in [0.4, 0.5) is 0 Å². The Morgan fingerprint density at radius 3 is 2.52 bits per heavy atom. The molecular weight excluding hydrogens is 431 g/mol. The van der Waals surface area contributed by atoms with E-state index >= 15 is 0 Å². The first-order valence-corrected chi connectivity index (χ1v) is 10.3. The number of aryl methyl sites for hydroxylation is 1. The standard InChI is InChI=1S/C20H19Cl3N6/c1-12-14(10-24-13(2)20-26-25-18-8-3-4-9-28(18)20)19(23)29(27-12)11-15-16(21)6-5-7-17(15)22/h3-9,13,24H,10-11H2,1-2H3. The molecule has 29 heavy (non-hydrogen) atoms. The smallest absolute Gasteiger partial charge is 0.160 e. The van der Waals surface area contributed by atoms with Crippen LogP contribution in [0.3, 0.4) is 0 Å². The lowest BCUT2D eigenvalue weighted by molar-refractivity contribution is 0.540. The second-order valence-corrected chi connectivity index (χ2v) is 7.97. The molecule has 0 saturated heterocycles.